The van der Waals surface area contributed by atoms with Crippen molar-refractivity contribution in [3.63, 3.8) is 0 Å². The van der Waals surface area contributed by atoms with Crippen molar-refractivity contribution in [2.24, 2.45) is 0 Å². The van der Waals surface area contributed by atoms with Gasteiger partial charge in [0.15, 0.2) is 0 Å². The molecule has 0 amide bonds. The molecule has 0 aliphatic heterocycles. The summed E-state index contributed by atoms with van der Waals surface area (Å²) in [6.45, 7) is 13.3. The van der Waals surface area contributed by atoms with Crippen molar-refractivity contribution in [3.05, 3.63) is 0 Å². The SMILES string of the molecule is CCCCCCCC(O)N(CCCN(C)C)C(CCCCCCCCC(=O)OC(CCCCCC)CCCCCC)CCCCCCCCC(=O)OC(CCCCCC)CCCCCC. The summed E-state index contributed by atoms with van der Waals surface area (Å²) >= 11 is 0. The average molecular weight is 922 g/mol. The summed E-state index contributed by atoms with van der Waals surface area (Å²) in [5.74, 6) is 0.0409. The molecule has 0 fully saturated rings. The number of esters is 2. The fourth-order valence-electron chi connectivity index (χ4n) is 9.64. The number of carbonyl (C=O) groups excluding carboxylic acids is 2. The standard InChI is InChI=1S/C58H116N2O5/c1-8-13-18-27-38-48-56(61)60(52-41-51-59(6)7)53(42-32-28-23-25-30-39-49-57(62)64-54(44-34-19-14-9-2)45-35-20-15-10-3)43-33-29-24-26-31-40-50-58(63)65-55(46-36-21-16-11-4)47-37-22-17-12-5/h53-56,61H,8-52H2,1-7H3. The monoisotopic (exact) mass is 921 g/mol. The Morgan fingerprint density at radius 3 is 1.02 bits per heavy atom. The summed E-state index contributed by atoms with van der Waals surface area (Å²) in [6.07, 6.45) is 48.9. The zero-order chi connectivity index (χ0) is 47.9. The van der Waals surface area contributed by atoms with E-state index in [2.05, 4.69) is 58.5 Å². The molecule has 0 aliphatic rings. The van der Waals surface area contributed by atoms with E-state index in [0.29, 0.717) is 18.9 Å². The Morgan fingerprint density at radius 2 is 0.662 bits per heavy atom. The fraction of sp³-hybridized carbons (Fsp3) is 0.966. The van der Waals surface area contributed by atoms with Crippen molar-refractivity contribution < 1.29 is 24.2 Å². The number of carbonyl (C=O) groups is 2. The van der Waals surface area contributed by atoms with Crippen molar-refractivity contribution in [2.75, 3.05) is 27.2 Å². The first-order chi connectivity index (χ1) is 31.7. The average Bonchev–Trinajstić information content (AvgIpc) is 3.28. The third-order valence-electron chi connectivity index (χ3n) is 13.9. The number of hydrogen-bond acceptors (Lipinski definition) is 7. The first kappa shape index (κ1) is 63.8. The van der Waals surface area contributed by atoms with Crippen LogP contribution in [0.1, 0.15) is 311 Å². The van der Waals surface area contributed by atoms with Crippen molar-refractivity contribution in [1.82, 2.24) is 9.80 Å². The second kappa shape index (κ2) is 49.2. The van der Waals surface area contributed by atoms with Crippen LogP contribution < -0.4 is 0 Å². The number of ether oxygens (including phenoxy) is 2. The fourth-order valence-corrected chi connectivity index (χ4v) is 9.64. The molecule has 0 aromatic carbocycles. The smallest absolute Gasteiger partial charge is 0.306 e. The number of rotatable bonds is 52. The van der Waals surface area contributed by atoms with Gasteiger partial charge in [0.2, 0.25) is 0 Å². The maximum Gasteiger partial charge on any atom is 0.306 e. The second-order valence-electron chi connectivity index (χ2n) is 20.7. The number of aliphatic hydroxyl groups is 1. The van der Waals surface area contributed by atoms with E-state index in [0.717, 1.165) is 96.6 Å². The molecule has 7 heteroatoms. The van der Waals surface area contributed by atoms with E-state index in [1.807, 2.05) is 0 Å². The number of aliphatic hydroxyl groups excluding tert-OH is 1. The van der Waals surface area contributed by atoms with Crippen LogP contribution in [0.3, 0.4) is 0 Å². The van der Waals surface area contributed by atoms with E-state index < -0.39 is 0 Å². The van der Waals surface area contributed by atoms with Gasteiger partial charge in [0.05, 0.1) is 0 Å². The minimum Gasteiger partial charge on any atom is -0.462 e. The highest BCUT2D eigenvalue weighted by Crippen LogP contribution is 2.24. The summed E-state index contributed by atoms with van der Waals surface area (Å²) in [7, 11) is 4.31. The molecule has 7 nitrogen and oxygen atoms in total. The predicted molar refractivity (Wildman–Crippen MR) is 282 cm³/mol. The van der Waals surface area contributed by atoms with Gasteiger partial charge in [-0.15, -0.1) is 0 Å². The summed E-state index contributed by atoms with van der Waals surface area (Å²) in [5.41, 5.74) is 0. The zero-order valence-corrected chi connectivity index (χ0v) is 45.1. The van der Waals surface area contributed by atoms with Gasteiger partial charge in [-0.05, 0) is 117 Å². The molecule has 1 N–H and O–H groups in total. The third-order valence-corrected chi connectivity index (χ3v) is 13.9. The minimum absolute atomic E-state index is 0.0205. The lowest BCUT2D eigenvalue weighted by Crippen LogP contribution is -2.44. The zero-order valence-electron chi connectivity index (χ0n) is 45.1. The van der Waals surface area contributed by atoms with Crippen molar-refractivity contribution in [3.8, 4) is 0 Å². The topological polar surface area (TPSA) is 79.3 Å². The predicted octanol–water partition coefficient (Wildman–Crippen LogP) is 17.2. The van der Waals surface area contributed by atoms with Crippen LogP contribution in [-0.4, -0.2) is 78.5 Å². The maximum absolute atomic E-state index is 12.8. The van der Waals surface area contributed by atoms with Gasteiger partial charge in [0, 0.05) is 25.4 Å². The van der Waals surface area contributed by atoms with Gasteiger partial charge in [-0.2, -0.15) is 0 Å². The van der Waals surface area contributed by atoms with Crippen LogP contribution >= 0.6 is 0 Å². The third kappa shape index (κ3) is 42.6. The van der Waals surface area contributed by atoms with Gasteiger partial charge in [-0.1, -0.05) is 202 Å². The van der Waals surface area contributed by atoms with Gasteiger partial charge in [-0.3, -0.25) is 14.5 Å². The highest BCUT2D eigenvalue weighted by molar-refractivity contribution is 5.69. The van der Waals surface area contributed by atoms with E-state index >= 15 is 0 Å². The molecule has 1 atom stereocenters. The Bertz CT molecular complexity index is 911. The highest BCUT2D eigenvalue weighted by Gasteiger charge is 2.24. The Hall–Kier alpha value is -1.18. The van der Waals surface area contributed by atoms with E-state index in [9.17, 15) is 14.7 Å². The lowest BCUT2D eigenvalue weighted by atomic mass is 9.97. The highest BCUT2D eigenvalue weighted by atomic mass is 16.5. The van der Waals surface area contributed by atoms with Crippen LogP contribution in [0, 0.1) is 0 Å². The van der Waals surface area contributed by atoms with Crippen LogP contribution in [0.5, 0.6) is 0 Å². The largest absolute Gasteiger partial charge is 0.462 e. The normalized spacial score (nSPS) is 12.4. The van der Waals surface area contributed by atoms with Crippen LogP contribution in [0.4, 0.5) is 0 Å². The van der Waals surface area contributed by atoms with E-state index in [-0.39, 0.29) is 30.4 Å². The Morgan fingerprint density at radius 1 is 0.369 bits per heavy atom. The van der Waals surface area contributed by atoms with Gasteiger partial charge in [-0.25, -0.2) is 0 Å². The maximum atomic E-state index is 12.8. The summed E-state index contributed by atoms with van der Waals surface area (Å²) in [5, 5.41) is 11.7. The van der Waals surface area contributed by atoms with Gasteiger partial charge >= 0.3 is 11.9 Å². The van der Waals surface area contributed by atoms with E-state index in [1.165, 1.54) is 180 Å². The number of nitrogens with zero attached hydrogens (tertiary/aromatic N) is 2. The molecule has 0 aliphatic carbocycles. The first-order valence-electron chi connectivity index (χ1n) is 29.2. The molecular formula is C58H116N2O5. The minimum atomic E-state index is -0.358. The van der Waals surface area contributed by atoms with Crippen LogP contribution in [0.25, 0.3) is 0 Å². The van der Waals surface area contributed by atoms with Crippen LogP contribution in [0.15, 0.2) is 0 Å². The molecular weight excluding hydrogens is 805 g/mol. The van der Waals surface area contributed by atoms with Gasteiger partial charge < -0.3 is 19.5 Å². The first-order valence-corrected chi connectivity index (χ1v) is 29.2. The molecule has 0 rings (SSSR count). The summed E-state index contributed by atoms with van der Waals surface area (Å²) < 4.78 is 12.1. The molecule has 0 aromatic rings. The number of unbranched alkanes of at least 4 members (excludes halogenated alkanes) is 26. The second-order valence-corrected chi connectivity index (χ2v) is 20.7. The summed E-state index contributed by atoms with van der Waals surface area (Å²) in [4.78, 5) is 30.4. The lowest BCUT2D eigenvalue weighted by molar-refractivity contribution is -0.151. The van der Waals surface area contributed by atoms with Gasteiger partial charge in [0.1, 0.15) is 18.4 Å². The van der Waals surface area contributed by atoms with Crippen LogP contribution in [0.2, 0.25) is 0 Å². The molecule has 0 saturated heterocycles. The molecule has 0 spiro atoms. The molecule has 0 radical (unpaired) electrons. The van der Waals surface area contributed by atoms with Gasteiger partial charge in [0.25, 0.3) is 0 Å². The van der Waals surface area contributed by atoms with E-state index in [4.69, 9.17) is 9.47 Å². The van der Waals surface area contributed by atoms with Crippen LogP contribution in [-0.2, 0) is 19.1 Å². The molecule has 0 saturated carbocycles. The Labute approximate surface area is 406 Å². The molecule has 1 unspecified atom stereocenters. The molecule has 0 bridgehead atoms. The Balaban J connectivity index is 5.04. The van der Waals surface area contributed by atoms with Crippen molar-refractivity contribution >= 4 is 11.9 Å². The quantitative estimate of drug-likeness (QED) is 0.0370. The van der Waals surface area contributed by atoms with Crippen molar-refractivity contribution in [2.45, 2.75) is 335 Å². The number of hydrogen-bond donors (Lipinski definition) is 1. The molecule has 388 valence electrons. The van der Waals surface area contributed by atoms with E-state index in [1.54, 1.807) is 0 Å². The summed E-state index contributed by atoms with van der Waals surface area (Å²) in [6, 6.07) is 0.418. The van der Waals surface area contributed by atoms with Crippen molar-refractivity contribution in [1.29, 1.82) is 0 Å². The molecule has 0 aromatic heterocycles. The Kier molecular flexibility index (Phi) is 48.4. The molecule has 65 heavy (non-hydrogen) atoms. The molecule has 0 heterocycles. The lowest BCUT2D eigenvalue weighted by Gasteiger charge is -2.36.